The van der Waals surface area contributed by atoms with Gasteiger partial charge in [-0.2, -0.15) is 0 Å². The molecule has 8 heteroatoms. The van der Waals surface area contributed by atoms with Crippen LogP contribution in [-0.2, 0) is 14.4 Å². The molecule has 214 valence electrons. The highest BCUT2D eigenvalue weighted by molar-refractivity contribution is 8.02. The van der Waals surface area contributed by atoms with Gasteiger partial charge in [0.15, 0.2) is 0 Å². The maximum absolute atomic E-state index is 14.9. The average Bonchev–Trinajstić information content (AvgIpc) is 3.28. The van der Waals surface area contributed by atoms with Crippen molar-refractivity contribution in [3.63, 3.8) is 0 Å². The minimum absolute atomic E-state index is 0.0258. The first kappa shape index (κ1) is 27.8. The SMILES string of the molecule is CCCN1CC=C[C@@H]2S[C@]34C=CCN(c5c(C)cccc5C)C(=O)C3N([C@H](CO)c3ccccc3)C(=O)[C@@H]4[C@@H]2C1=O. The Kier molecular flexibility index (Phi) is 7.32. The molecule has 0 bridgehead atoms. The minimum Gasteiger partial charge on any atom is -0.394 e. The zero-order valence-corrected chi connectivity index (χ0v) is 24.6. The Labute approximate surface area is 245 Å². The predicted octanol–water partition coefficient (Wildman–Crippen LogP) is 4.05. The molecule has 4 aliphatic heterocycles. The van der Waals surface area contributed by atoms with Crippen LogP contribution in [0.25, 0.3) is 0 Å². The summed E-state index contributed by atoms with van der Waals surface area (Å²) in [4.78, 5) is 48.9. The molecule has 4 aliphatic rings. The Morgan fingerprint density at radius 2 is 1.68 bits per heavy atom. The number of carbonyl (C=O) groups is 3. The molecule has 0 radical (unpaired) electrons. The second-order valence-corrected chi connectivity index (χ2v) is 13.0. The Morgan fingerprint density at radius 3 is 2.37 bits per heavy atom. The van der Waals surface area contributed by atoms with Crippen LogP contribution in [0, 0.1) is 25.7 Å². The van der Waals surface area contributed by atoms with Crippen molar-refractivity contribution in [2.75, 3.05) is 31.1 Å². The molecule has 6 atom stereocenters. The number of rotatable bonds is 6. The normalized spacial score (nSPS) is 29.8. The van der Waals surface area contributed by atoms with Gasteiger partial charge < -0.3 is 19.8 Å². The van der Waals surface area contributed by atoms with E-state index in [2.05, 4.69) is 6.08 Å². The number of amides is 3. The van der Waals surface area contributed by atoms with E-state index < -0.39 is 28.7 Å². The lowest BCUT2D eigenvalue weighted by atomic mass is 9.78. The van der Waals surface area contributed by atoms with Crippen LogP contribution in [0.1, 0.15) is 36.1 Å². The number of aliphatic hydroxyl groups is 1. The molecule has 1 N–H and O–H groups in total. The topological polar surface area (TPSA) is 81.2 Å². The molecule has 7 nitrogen and oxygen atoms in total. The third kappa shape index (κ3) is 4.26. The van der Waals surface area contributed by atoms with Crippen molar-refractivity contribution in [1.29, 1.82) is 0 Å². The summed E-state index contributed by atoms with van der Waals surface area (Å²) in [7, 11) is 0. The molecular formula is C33H37N3O4S. The Hall–Kier alpha value is -3.36. The van der Waals surface area contributed by atoms with Crippen molar-refractivity contribution in [1.82, 2.24) is 9.80 Å². The van der Waals surface area contributed by atoms with Crippen LogP contribution in [0.3, 0.4) is 0 Å². The first-order chi connectivity index (χ1) is 19.8. The quantitative estimate of drug-likeness (QED) is 0.530. The van der Waals surface area contributed by atoms with Crippen molar-refractivity contribution in [3.8, 4) is 0 Å². The van der Waals surface area contributed by atoms with Gasteiger partial charge in [0.2, 0.25) is 11.8 Å². The van der Waals surface area contributed by atoms with Crippen LogP contribution in [0.15, 0.2) is 72.8 Å². The standard InChI is InChI=1S/C33H37N3O4S/c1-4-17-34-18-9-15-25-26(30(34)38)27-31(39)36(24(20-37)23-13-6-5-7-14-23)29-32(40)35(19-10-16-33(27,29)41-25)28-21(2)11-8-12-22(28)3/h5-16,24-27,29,37H,4,17-20H2,1-3H3/t24-,25+,26-,27+,29?,33+/m1/s1. The molecule has 1 spiro atoms. The molecule has 2 saturated heterocycles. The fourth-order valence-corrected chi connectivity index (χ4v) is 9.39. The van der Waals surface area contributed by atoms with Crippen molar-refractivity contribution in [2.24, 2.45) is 11.8 Å². The van der Waals surface area contributed by atoms with E-state index in [1.54, 1.807) is 21.6 Å². The third-order valence-electron chi connectivity index (χ3n) is 9.08. The second kappa shape index (κ2) is 10.8. The second-order valence-electron chi connectivity index (χ2n) is 11.5. The highest BCUT2D eigenvalue weighted by Crippen LogP contribution is 2.62. The summed E-state index contributed by atoms with van der Waals surface area (Å²) in [5, 5.41) is 10.5. The van der Waals surface area contributed by atoms with Gasteiger partial charge >= 0.3 is 0 Å². The molecule has 2 fully saturated rings. The smallest absolute Gasteiger partial charge is 0.251 e. The molecule has 2 aromatic carbocycles. The zero-order chi connectivity index (χ0) is 28.9. The summed E-state index contributed by atoms with van der Waals surface area (Å²) in [5.41, 5.74) is 3.57. The lowest BCUT2D eigenvalue weighted by Crippen LogP contribution is -2.54. The number of hydrogen-bond acceptors (Lipinski definition) is 5. The Balaban J connectivity index is 1.53. The molecular weight excluding hydrogens is 534 g/mol. The Bertz CT molecular complexity index is 1400. The molecule has 1 unspecified atom stereocenters. The van der Waals surface area contributed by atoms with Crippen LogP contribution in [0.5, 0.6) is 0 Å². The summed E-state index contributed by atoms with van der Waals surface area (Å²) in [5.74, 6) is -1.73. The van der Waals surface area contributed by atoms with E-state index in [9.17, 15) is 19.5 Å². The number of carbonyl (C=O) groups excluding carboxylic acids is 3. The molecule has 6 rings (SSSR count). The van der Waals surface area contributed by atoms with Crippen LogP contribution in [0.4, 0.5) is 5.69 Å². The lowest BCUT2D eigenvalue weighted by Gasteiger charge is -2.39. The number of nitrogens with zero attached hydrogens (tertiary/aromatic N) is 3. The largest absolute Gasteiger partial charge is 0.394 e. The summed E-state index contributed by atoms with van der Waals surface area (Å²) >= 11 is 1.57. The van der Waals surface area contributed by atoms with E-state index >= 15 is 0 Å². The lowest BCUT2D eigenvalue weighted by molar-refractivity contribution is -0.144. The molecule has 3 amide bonds. The van der Waals surface area contributed by atoms with Crippen molar-refractivity contribution in [2.45, 2.75) is 49.3 Å². The van der Waals surface area contributed by atoms with E-state index in [4.69, 9.17) is 0 Å². The van der Waals surface area contributed by atoms with Gasteiger partial charge in [-0.25, -0.2) is 0 Å². The summed E-state index contributed by atoms with van der Waals surface area (Å²) in [6.07, 6.45) is 8.96. The fraction of sp³-hybridized carbons (Fsp3) is 0.424. The number of benzene rings is 2. The van der Waals surface area contributed by atoms with E-state index in [0.29, 0.717) is 19.6 Å². The molecule has 0 saturated carbocycles. The highest BCUT2D eigenvalue weighted by Gasteiger charge is 2.72. The molecule has 0 aromatic heterocycles. The van der Waals surface area contributed by atoms with E-state index in [1.807, 2.05) is 92.4 Å². The predicted molar refractivity (Wildman–Crippen MR) is 161 cm³/mol. The van der Waals surface area contributed by atoms with Gasteiger partial charge in [-0.05, 0) is 37.0 Å². The van der Waals surface area contributed by atoms with Crippen molar-refractivity contribution < 1.29 is 19.5 Å². The number of fused-ring (bicyclic) bond motifs is 2. The van der Waals surface area contributed by atoms with Gasteiger partial charge in [-0.15, -0.1) is 11.8 Å². The van der Waals surface area contributed by atoms with Crippen LogP contribution in [0.2, 0.25) is 0 Å². The minimum atomic E-state index is -0.938. The van der Waals surface area contributed by atoms with Crippen LogP contribution in [-0.4, -0.2) is 74.9 Å². The molecule has 4 heterocycles. The van der Waals surface area contributed by atoms with Gasteiger partial charge in [0.1, 0.15) is 6.04 Å². The number of hydrogen-bond donors (Lipinski definition) is 1. The maximum Gasteiger partial charge on any atom is 0.251 e. The van der Waals surface area contributed by atoms with Crippen LogP contribution < -0.4 is 4.90 Å². The summed E-state index contributed by atoms with van der Waals surface area (Å²) < 4.78 is -0.938. The van der Waals surface area contributed by atoms with Crippen molar-refractivity contribution >= 4 is 35.2 Å². The van der Waals surface area contributed by atoms with E-state index in [1.165, 1.54) is 0 Å². The number of anilines is 1. The van der Waals surface area contributed by atoms with Gasteiger partial charge in [0.25, 0.3) is 5.91 Å². The van der Waals surface area contributed by atoms with Crippen LogP contribution >= 0.6 is 11.8 Å². The van der Waals surface area contributed by atoms with Gasteiger partial charge in [0, 0.05) is 30.6 Å². The zero-order valence-electron chi connectivity index (χ0n) is 23.8. The number of thioether (sulfide) groups is 1. The van der Waals surface area contributed by atoms with Gasteiger partial charge in [0.05, 0.1) is 29.2 Å². The first-order valence-electron chi connectivity index (χ1n) is 14.5. The number of likely N-dealkylation sites (tertiary alicyclic amines) is 1. The number of para-hydroxylation sites is 1. The van der Waals surface area contributed by atoms with Crippen molar-refractivity contribution in [3.05, 3.63) is 89.5 Å². The number of aryl methyl sites for hydroxylation is 2. The Morgan fingerprint density at radius 1 is 0.951 bits per heavy atom. The first-order valence-corrected chi connectivity index (χ1v) is 15.4. The van der Waals surface area contributed by atoms with Gasteiger partial charge in [-0.3, -0.25) is 14.4 Å². The van der Waals surface area contributed by atoms with E-state index in [-0.39, 0.29) is 29.6 Å². The fourth-order valence-electron chi connectivity index (χ4n) is 7.40. The maximum atomic E-state index is 14.9. The van der Waals surface area contributed by atoms with E-state index in [0.717, 1.165) is 28.8 Å². The number of aliphatic hydroxyl groups excluding tert-OH is 1. The molecule has 41 heavy (non-hydrogen) atoms. The third-order valence-corrected chi connectivity index (χ3v) is 10.8. The average molecular weight is 572 g/mol. The summed E-state index contributed by atoms with van der Waals surface area (Å²) in [6.45, 7) is 7.22. The monoisotopic (exact) mass is 571 g/mol. The molecule has 0 aliphatic carbocycles. The molecule has 2 aromatic rings. The van der Waals surface area contributed by atoms with Gasteiger partial charge in [-0.1, -0.05) is 79.8 Å². The summed E-state index contributed by atoms with van der Waals surface area (Å²) in [6, 6.07) is 13.8. The highest BCUT2D eigenvalue weighted by atomic mass is 32.2.